The molecular formula is C24H27N3O5S. The van der Waals surface area contributed by atoms with Gasteiger partial charge in [0.25, 0.3) is 17.7 Å². The van der Waals surface area contributed by atoms with Crippen LogP contribution in [0.5, 0.6) is 0 Å². The number of thiazole rings is 1. The Labute approximate surface area is 196 Å². The fourth-order valence-corrected chi connectivity index (χ4v) is 5.15. The molecule has 4 rings (SSSR count). The van der Waals surface area contributed by atoms with Crippen molar-refractivity contribution < 1.29 is 23.9 Å². The Morgan fingerprint density at radius 1 is 1.15 bits per heavy atom. The van der Waals surface area contributed by atoms with E-state index in [4.69, 9.17) is 4.74 Å². The lowest BCUT2D eigenvalue weighted by atomic mass is 9.94. The zero-order valence-electron chi connectivity index (χ0n) is 18.6. The van der Waals surface area contributed by atoms with Gasteiger partial charge in [-0.1, -0.05) is 31.4 Å². The van der Waals surface area contributed by atoms with Crippen LogP contribution in [-0.4, -0.2) is 52.3 Å². The highest BCUT2D eigenvalue weighted by Gasteiger charge is 2.35. The highest BCUT2D eigenvalue weighted by Crippen LogP contribution is 2.30. The first-order chi connectivity index (χ1) is 16.0. The van der Waals surface area contributed by atoms with Gasteiger partial charge in [0.15, 0.2) is 11.2 Å². The number of carbonyl (C=O) groups excluding carboxylic acids is 4. The largest absolute Gasteiger partial charge is 0.453 e. The Hall–Kier alpha value is -3.07. The molecule has 2 aliphatic rings. The molecule has 0 N–H and O–H groups in total. The number of nitrogens with zero attached hydrogens (tertiary/aromatic N) is 3. The highest BCUT2D eigenvalue weighted by molar-refractivity contribution is 7.13. The maximum atomic E-state index is 13.2. The van der Waals surface area contributed by atoms with E-state index in [1.807, 2.05) is 5.38 Å². The molecule has 1 aliphatic carbocycles. The number of carbonyl (C=O) groups is 4. The molecule has 0 bridgehead atoms. The smallest absolute Gasteiger partial charge is 0.306 e. The molecule has 1 saturated carbocycles. The van der Waals surface area contributed by atoms with E-state index in [1.165, 1.54) is 11.3 Å². The molecule has 2 heterocycles. The van der Waals surface area contributed by atoms with Crippen molar-refractivity contribution in [3.63, 3.8) is 0 Å². The van der Waals surface area contributed by atoms with E-state index in [2.05, 4.69) is 4.98 Å². The van der Waals surface area contributed by atoms with E-state index in [9.17, 15) is 19.2 Å². The minimum absolute atomic E-state index is 0.00566. The summed E-state index contributed by atoms with van der Waals surface area (Å²) in [4.78, 5) is 57.6. The molecule has 2 aromatic rings. The Morgan fingerprint density at radius 3 is 2.42 bits per heavy atom. The van der Waals surface area contributed by atoms with Gasteiger partial charge in [0.2, 0.25) is 0 Å². The van der Waals surface area contributed by atoms with Gasteiger partial charge in [0, 0.05) is 30.6 Å². The van der Waals surface area contributed by atoms with Gasteiger partial charge in [0.05, 0.1) is 11.1 Å². The standard InChI is InChI=1S/C24H27N3O5S/c1-16(21(29)27(24-25-13-15-33-24)17-8-3-2-4-9-17)32-20(28)12-7-14-26-22(30)18-10-5-6-11-19(18)23(26)31/h5-6,10-11,13,15-17H,2-4,7-9,12,14H2,1H3/t16-/m1/s1. The third kappa shape index (κ3) is 4.98. The van der Waals surface area contributed by atoms with Gasteiger partial charge in [-0.3, -0.25) is 29.0 Å². The zero-order chi connectivity index (χ0) is 23.4. The first-order valence-electron chi connectivity index (χ1n) is 11.3. The van der Waals surface area contributed by atoms with Crippen molar-refractivity contribution in [2.75, 3.05) is 11.4 Å². The summed E-state index contributed by atoms with van der Waals surface area (Å²) in [5.74, 6) is -1.50. The molecule has 1 aliphatic heterocycles. The van der Waals surface area contributed by atoms with Crippen molar-refractivity contribution in [2.24, 2.45) is 0 Å². The van der Waals surface area contributed by atoms with Crippen LogP contribution in [-0.2, 0) is 14.3 Å². The molecule has 1 fully saturated rings. The summed E-state index contributed by atoms with van der Waals surface area (Å²) < 4.78 is 5.42. The lowest BCUT2D eigenvalue weighted by Gasteiger charge is -2.33. The average molecular weight is 470 g/mol. The molecule has 174 valence electrons. The van der Waals surface area contributed by atoms with Crippen molar-refractivity contribution in [3.05, 3.63) is 47.0 Å². The summed E-state index contributed by atoms with van der Waals surface area (Å²) in [6, 6.07) is 6.74. The van der Waals surface area contributed by atoms with E-state index in [1.54, 1.807) is 42.3 Å². The lowest BCUT2D eigenvalue weighted by molar-refractivity contribution is -0.154. The molecule has 1 atom stereocenters. The normalized spacial score (nSPS) is 17.1. The van der Waals surface area contributed by atoms with Crippen molar-refractivity contribution in [2.45, 2.75) is 64.0 Å². The van der Waals surface area contributed by atoms with Gasteiger partial charge >= 0.3 is 5.97 Å². The quantitative estimate of drug-likeness (QED) is 0.431. The number of benzene rings is 1. The second-order valence-electron chi connectivity index (χ2n) is 8.36. The fraction of sp³-hybridized carbons (Fsp3) is 0.458. The highest BCUT2D eigenvalue weighted by atomic mass is 32.1. The molecule has 1 aromatic heterocycles. The van der Waals surface area contributed by atoms with Gasteiger partial charge in [-0.15, -0.1) is 11.3 Å². The Balaban J connectivity index is 1.30. The summed E-state index contributed by atoms with van der Waals surface area (Å²) in [6.07, 6.45) is 6.10. The summed E-state index contributed by atoms with van der Waals surface area (Å²) in [5.41, 5.74) is 0.767. The van der Waals surface area contributed by atoms with E-state index in [0.717, 1.165) is 37.0 Å². The first kappa shape index (κ1) is 23.1. The number of hydrogen-bond donors (Lipinski definition) is 0. The van der Waals surface area contributed by atoms with Gasteiger partial charge in [-0.2, -0.15) is 0 Å². The molecule has 8 nitrogen and oxygen atoms in total. The van der Waals surface area contributed by atoms with Gasteiger partial charge in [-0.05, 0) is 38.3 Å². The van der Waals surface area contributed by atoms with Gasteiger partial charge in [-0.25, -0.2) is 4.98 Å². The second kappa shape index (κ2) is 10.2. The summed E-state index contributed by atoms with van der Waals surface area (Å²) in [5, 5.41) is 2.45. The van der Waals surface area contributed by atoms with Crippen LogP contribution in [0.3, 0.4) is 0 Å². The van der Waals surface area contributed by atoms with Crippen molar-refractivity contribution >= 4 is 40.2 Å². The number of rotatable bonds is 8. The van der Waals surface area contributed by atoms with Gasteiger partial charge in [0.1, 0.15) is 0 Å². The average Bonchev–Trinajstić information content (AvgIpc) is 3.43. The number of aromatic nitrogens is 1. The van der Waals surface area contributed by atoms with Crippen LogP contribution in [0.15, 0.2) is 35.8 Å². The Morgan fingerprint density at radius 2 is 1.82 bits per heavy atom. The fourth-order valence-electron chi connectivity index (χ4n) is 4.43. The number of anilines is 1. The molecule has 3 amide bonds. The Bertz CT molecular complexity index is 997. The number of esters is 1. The van der Waals surface area contributed by atoms with Crippen LogP contribution in [0.25, 0.3) is 0 Å². The van der Waals surface area contributed by atoms with E-state index >= 15 is 0 Å². The number of hydrogen-bond acceptors (Lipinski definition) is 7. The SMILES string of the molecule is C[C@@H](OC(=O)CCCN1C(=O)c2ccccc2C1=O)C(=O)N(c1nccs1)C1CCCCC1. The first-order valence-corrected chi connectivity index (χ1v) is 12.2. The molecule has 1 aromatic carbocycles. The lowest BCUT2D eigenvalue weighted by Crippen LogP contribution is -2.47. The zero-order valence-corrected chi connectivity index (χ0v) is 19.4. The van der Waals surface area contributed by atoms with Crippen LogP contribution >= 0.6 is 11.3 Å². The second-order valence-corrected chi connectivity index (χ2v) is 9.23. The summed E-state index contributed by atoms with van der Waals surface area (Å²) in [6.45, 7) is 1.70. The van der Waals surface area contributed by atoms with Crippen LogP contribution < -0.4 is 4.90 Å². The summed E-state index contributed by atoms with van der Waals surface area (Å²) >= 11 is 1.40. The predicted octanol–water partition coefficient (Wildman–Crippen LogP) is 3.82. The number of ether oxygens (including phenoxy) is 1. The van der Waals surface area contributed by atoms with Crippen molar-refractivity contribution in [1.29, 1.82) is 0 Å². The van der Waals surface area contributed by atoms with E-state index in [-0.39, 0.29) is 43.1 Å². The number of imide groups is 1. The third-order valence-corrected chi connectivity index (χ3v) is 6.87. The van der Waals surface area contributed by atoms with Crippen molar-refractivity contribution in [3.8, 4) is 0 Å². The molecular weight excluding hydrogens is 442 g/mol. The molecule has 0 spiro atoms. The van der Waals surface area contributed by atoms with Crippen LogP contribution in [0.2, 0.25) is 0 Å². The minimum atomic E-state index is -0.942. The van der Waals surface area contributed by atoms with Gasteiger partial charge < -0.3 is 4.74 Å². The molecule has 0 unspecified atom stereocenters. The molecule has 9 heteroatoms. The third-order valence-electron chi connectivity index (χ3n) is 6.10. The number of fused-ring (bicyclic) bond motifs is 1. The maximum Gasteiger partial charge on any atom is 0.306 e. The van der Waals surface area contributed by atoms with Crippen LogP contribution in [0, 0.1) is 0 Å². The van der Waals surface area contributed by atoms with Crippen molar-refractivity contribution in [1.82, 2.24) is 9.88 Å². The minimum Gasteiger partial charge on any atom is -0.453 e. The Kier molecular flexibility index (Phi) is 7.17. The topological polar surface area (TPSA) is 96.9 Å². The number of amides is 3. The van der Waals surface area contributed by atoms with E-state index in [0.29, 0.717) is 16.3 Å². The van der Waals surface area contributed by atoms with Crippen LogP contribution in [0.4, 0.5) is 5.13 Å². The van der Waals surface area contributed by atoms with Crippen LogP contribution in [0.1, 0.15) is 72.6 Å². The maximum absolute atomic E-state index is 13.2. The predicted molar refractivity (Wildman–Crippen MR) is 123 cm³/mol. The molecule has 0 saturated heterocycles. The molecule has 0 radical (unpaired) electrons. The molecule has 33 heavy (non-hydrogen) atoms. The van der Waals surface area contributed by atoms with E-state index < -0.39 is 12.1 Å². The monoisotopic (exact) mass is 469 g/mol. The summed E-state index contributed by atoms with van der Waals surface area (Å²) in [7, 11) is 0.